The second-order valence-electron chi connectivity index (χ2n) is 10.2. The molecule has 1 fully saturated rings. The van der Waals surface area contributed by atoms with Crippen LogP contribution in [0.15, 0.2) is 71.5 Å². The summed E-state index contributed by atoms with van der Waals surface area (Å²) in [6.07, 6.45) is 1.29. The molecule has 200 valence electrons. The Morgan fingerprint density at radius 3 is 2.42 bits per heavy atom. The lowest BCUT2D eigenvalue weighted by Crippen LogP contribution is -2.47. The molecule has 7 nitrogen and oxygen atoms in total. The summed E-state index contributed by atoms with van der Waals surface area (Å²) in [5.41, 5.74) is 3.20. The van der Waals surface area contributed by atoms with Crippen LogP contribution < -0.4 is 15.2 Å². The predicted octanol–water partition coefficient (Wildman–Crippen LogP) is 4.79. The van der Waals surface area contributed by atoms with Crippen molar-refractivity contribution in [2.45, 2.75) is 38.5 Å². The molecule has 0 saturated carbocycles. The Hall–Kier alpha value is -3.26. The number of piperidine rings is 1. The fraction of sp³-hybridized carbons (Fsp3) is 0.367. The Morgan fingerprint density at radius 2 is 1.68 bits per heavy atom. The van der Waals surface area contributed by atoms with Crippen LogP contribution in [0.2, 0.25) is 5.02 Å². The zero-order valence-electron chi connectivity index (χ0n) is 21.9. The molecule has 5 rings (SSSR count). The van der Waals surface area contributed by atoms with E-state index >= 15 is 0 Å². The highest BCUT2D eigenvalue weighted by Gasteiger charge is 2.33. The number of hydrogen-bond donors (Lipinski definition) is 1. The number of benzene rings is 3. The minimum absolute atomic E-state index is 0.0379. The summed E-state index contributed by atoms with van der Waals surface area (Å²) in [5, 5.41) is 11.6. The molecule has 1 N–H and O–H groups in total. The predicted molar refractivity (Wildman–Crippen MR) is 150 cm³/mol. The molecular formula is C30H34ClN3O4. The normalized spacial score (nSPS) is 15.6. The van der Waals surface area contributed by atoms with Gasteiger partial charge in [0.2, 0.25) is 0 Å². The Balaban J connectivity index is 1.09. The Kier molecular flexibility index (Phi) is 7.79. The van der Waals surface area contributed by atoms with Crippen LogP contribution in [0.25, 0.3) is 11.0 Å². The van der Waals surface area contributed by atoms with E-state index in [0.717, 1.165) is 42.0 Å². The summed E-state index contributed by atoms with van der Waals surface area (Å²) in [4.78, 5) is 14.9. The van der Waals surface area contributed by atoms with Crippen LogP contribution >= 0.6 is 11.6 Å². The number of rotatable bonds is 9. The van der Waals surface area contributed by atoms with Gasteiger partial charge in [-0.25, -0.2) is 4.79 Å². The van der Waals surface area contributed by atoms with Gasteiger partial charge in [-0.15, -0.1) is 0 Å². The number of ether oxygens (including phenoxy) is 2. The van der Waals surface area contributed by atoms with Crippen molar-refractivity contribution in [3.05, 3.63) is 93.4 Å². The molecule has 0 atom stereocenters. The van der Waals surface area contributed by atoms with E-state index in [-0.39, 0.29) is 12.3 Å². The number of halogens is 1. The van der Waals surface area contributed by atoms with Crippen molar-refractivity contribution in [2.75, 3.05) is 26.3 Å². The van der Waals surface area contributed by atoms with E-state index in [0.29, 0.717) is 36.8 Å². The molecule has 1 saturated heterocycles. The van der Waals surface area contributed by atoms with Crippen LogP contribution in [0.1, 0.15) is 24.0 Å². The number of likely N-dealkylation sites (tertiary alicyclic amines) is 1. The van der Waals surface area contributed by atoms with Crippen molar-refractivity contribution in [3.8, 4) is 11.5 Å². The van der Waals surface area contributed by atoms with Gasteiger partial charge in [0, 0.05) is 26.7 Å². The van der Waals surface area contributed by atoms with E-state index in [1.54, 1.807) is 16.2 Å². The number of fused-ring (bicyclic) bond motifs is 1. The first-order valence-electron chi connectivity index (χ1n) is 13.0. The van der Waals surface area contributed by atoms with Gasteiger partial charge in [-0.2, -0.15) is 0 Å². The van der Waals surface area contributed by atoms with Gasteiger partial charge >= 0.3 is 5.69 Å². The SMILES string of the molecule is Cc1ccc(Cl)c(OCC2(O)CCN(Cc3ccc(OCCn4c(=O)n(C)c5ccccc54)cc3)CC2)c1. The Labute approximate surface area is 227 Å². The van der Waals surface area contributed by atoms with Gasteiger partial charge in [-0.3, -0.25) is 14.0 Å². The van der Waals surface area contributed by atoms with Crippen LogP contribution in [-0.4, -0.2) is 51.0 Å². The maximum Gasteiger partial charge on any atom is 0.328 e. The fourth-order valence-electron chi connectivity index (χ4n) is 4.99. The minimum atomic E-state index is -0.854. The molecule has 4 aromatic rings. The van der Waals surface area contributed by atoms with E-state index in [2.05, 4.69) is 17.0 Å². The summed E-state index contributed by atoms with van der Waals surface area (Å²) in [6, 6.07) is 21.5. The molecule has 3 aromatic carbocycles. The molecule has 1 aliphatic rings. The van der Waals surface area contributed by atoms with Gasteiger partial charge in [-0.05, 0) is 67.3 Å². The van der Waals surface area contributed by atoms with E-state index < -0.39 is 5.60 Å². The third-order valence-corrected chi connectivity index (χ3v) is 7.65. The maximum atomic E-state index is 12.6. The van der Waals surface area contributed by atoms with Crippen molar-refractivity contribution >= 4 is 22.6 Å². The first kappa shape index (κ1) is 26.4. The van der Waals surface area contributed by atoms with Crippen LogP contribution in [0.3, 0.4) is 0 Å². The quantitative estimate of drug-likeness (QED) is 0.334. The Bertz CT molecular complexity index is 1450. The number of imidazole rings is 1. The second kappa shape index (κ2) is 11.2. The fourth-order valence-corrected chi connectivity index (χ4v) is 5.16. The summed E-state index contributed by atoms with van der Waals surface area (Å²) in [6.45, 7) is 5.52. The molecule has 0 radical (unpaired) electrons. The van der Waals surface area contributed by atoms with Crippen LogP contribution in [0, 0.1) is 6.92 Å². The van der Waals surface area contributed by atoms with Crippen molar-refractivity contribution in [1.29, 1.82) is 0 Å². The van der Waals surface area contributed by atoms with Gasteiger partial charge in [-0.1, -0.05) is 41.9 Å². The van der Waals surface area contributed by atoms with Gasteiger partial charge in [0.05, 0.1) is 22.6 Å². The average molecular weight is 536 g/mol. The van der Waals surface area contributed by atoms with E-state index in [1.165, 1.54) is 5.56 Å². The molecular weight excluding hydrogens is 502 g/mol. The minimum Gasteiger partial charge on any atom is -0.492 e. The zero-order chi connectivity index (χ0) is 26.7. The highest BCUT2D eigenvalue weighted by Crippen LogP contribution is 2.29. The molecule has 0 aliphatic carbocycles. The Morgan fingerprint density at radius 1 is 0.974 bits per heavy atom. The topological polar surface area (TPSA) is 68.9 Å². The lowest BCUT2D eigenvalue weighted by Gasteiger charge is -2.38. The smallest absolute Gasteiger partial charge is 0.328 e. The highest BCUT2D eigenvalue weighted by molar-refractivity contribution is 6.32. The highest BCUT2D eigenvalue weighted by atomic mass is 35.5. The van der Waals surface area contributed by atoms with Gasteiger partial charge < -0.3 is 14.6 Å². The summed E-state index contributed by atoms with van der Waals surface area (Å²) in [5.74, 6) is 1.40. The number of para-hydroxylation sites is 2. The molecule has 2 heterocycles. The number of aliphatic hydroxyl groups is 1. The standard InChI is InChI=1S/C30H34ClN3O4/c1-22-7-12-25(31)28(19-22)38-21-30(36)13-15-33(16-14-30)20-23-8-10-24(11-9-23)37-18-17-34-27-6-4-3-5-26(27)32(2)29(34)35/h3-12,19,36H,13-18,20-21H2,1-2H3. The van der Waals surface area contributed by atoms with Gasteiger partial charge in [0.15, 0.2) is 0 Å². The molecule has 0 amide bonds. The molecule has 1 aromatic heterocycles. The molecule has 0 unspecified atom stereocenters. The van der Waals surface area contributed by atoms with Gasteiger partial charge in [0.25, 0.3) is 0 Å². The van der Waals surface area contributed by atoms with Crippen LogP contribution in [0.5, 0.6) is 11.5 Å². The molecule has 38 heavy (non-hydrogen) atoms. The van der Waals surface area contributed by atoms with Crippen LogP contribution in [0.4, 0.5) is 0 Å². The monoisotopic (exact) mass is 535 g/mol. The van der Waals surface area contributed by atoms with E-state index in [9.17, 15) is 9.90 Å². The third-order valence-electron chi connectivity index (χ3n) is 7.33. The van der Waals surface area contributed by atoms with Crippen molar-refractivity contribution in [3.63, 3.8) is 0 Å². The second-order valence-corrected chi connectivity index (χ2v) is 10.6. The summed E-state index contributed by atoms with van der Waals surface area (Å²) in [7, 11) is 1.79. The summed E-state index contributed by atoms with van der Waals surface area (Å²) >= 11 is 6.23. The van der Waals surface area contributed by atoms with Crippen molar-refractivity contribution in [2.24, 2.45) is 7.05 Å². The molecule has 8 heteroatoms. The largest absolute Gasteiger partial charge is 0.492 e. The van der Waals surface area contributed by atoms with Gasteiger partial charge in [0.1, 0.15) is 30.3 Å². The summed E-state index contributed by atoms with van der Waals surface area (Å²) < 4.78 is 15.2. The number of aryl methyl sites for hydroxylation is 2. The number of nitrogens with zero attached hydrogens (tertiary/aromatic N) is 3. The van der Waals surface area contributed by atoms with Crippen molar-refractivity contribution < 1.29 is 14.6 Å². The number of aromatic nitrogens is 2. The lowest BCUT2D eigenvalue weighted by molar-refractivity contribution is -0.0537. The first-order chi connectivity index (χ1) is 18.3. The van der Waals surface area contributed by atoms with Crippen molar-refractivity contribution in [1.82, 2.24) is 14.0 Å². The molecule has 0 bridgehead atoms. The first-order valence-corrected chi connectivity index (χ1v) is 13.4. The van der Waals surface area contributed by atoms with E-state index in [1.807, 2.05) is 61.5 Å². The number of hydrogen-bond acceptors (Lipinski definition) is 5. The van der Waals surface area contributed by atoms with Crippen LogP contribution in [-0.2, 0) is 20.1 Å². The average Bonchev–Trinajstić information content (AvgIpc) is 3.16. The molecule has 1 aliphatic heterocycles. The maximum absolute atomic E-state index is 12.6. The zero-order valence-corrected chi connectivity index (χ0v) is 22.7. The lowest BCUT2D eigenvalue weighted by atomic mass is 9.92. The third kappa shape index (κ3) is 5.90. The van der Waals surface area contributed by atoms with E-state index in [4.69, 9.17) is 21.1 Å². The molecule has 0 spiro atoms.